The summed E-state index contributed by atoms with van der Waals surface area (Å²) < 4.78 is 5.77. The Hall–Kier alpha value is -1.06. The molecule has 0 atom stereocenters. The van der Waals surface area contributed by atoms with Crippen LogP contribution in [-0.4, -0.2) is 36.2 Å². The monoisotopic (exact) mass is 262 g/mol. The summed E-state index contributed by atoms with van der Waals surface area (Å²) in [6.45, 7) is 12.9. The molecule has 0 radical (unpaired) electrons. The Kier molecular flexibility index (Phi) is 4.48. The number of hydrogen-bond donors (Lipinski definition) is 1. The van der Waals surface area contributed by atoms with Gasteiger partial charge in [-0.3, -0.25) is 4.90 Å². The maximum atomic E-state index is 5.77. The number of rotatable bonds is 4. The summed E-state index contributed by atoms with van der Waals surface area (Å²) in [4.78, 5) is 2.54. The van der Waals surface area contributed by atoms with Crippen LogP contribution < -0.4 is 10.1 Å². The zero-order valence-electron chi connectivity index (χ0n) is 12.6. The molecule has 1 aliphatic heterocycles. The molecule has 0 aromatic heterocycles. The standard InChI is InChI=1S/C16H26N2O/c1-13(2)19-15-7-5-6-14(10-15)11-18-9-8-17-12-16(18,3)4/h5-7,10,13,17H,8-9,11-12H2,1-4H3. The van der Waals surface area contributed by atoms with E-state index in [0.29, 0.717) is 0 Å². The minimum absolute atomic E-state index is 0.215. The minimum atomic E-state index is 0.215. The highest BCUT2D eigenvalue weighted by Crippen LogP contribution is 2.22. The lowest BCUT2D eigenvalue weighted by Crippen LogP contribution is -2.57. The zero-order chi connectivity index (χ0) is 13.9. The van der Waals surface area contributed by atoms with Crippen molar-refractivity contribution in [2.75, 3.05) is 19.6 Å². The van der Waals surface area contributed by atoms with Crippen LogP contribution in [0, 0.1) is 0 Å². The first-order chi connectivity index (χ1) is 8.97. The fourth-order valence-electron chi connectivity index (χ4n) is 2.53. The van der Waals surface area contributed by atoms with Crippen LogP contribution in [0.15, 0.2) is 24.3 Å². The smallest absolute Gasteiger partial charge is 0.120 e. The van der Waals surface area contributed by atoms with Gasteiger partial charge in [0.25, 0.3) is 0 Å². The summed E-state index contributed by atoms with van der Waals surface area (Å²) in [6, 6.07) is 8.47. The molecule has 19 heavy (non-hydrogen) atoms. The summed E-state index contributed by atoms with van der Waals surface area (Å²) in [6.07, 6.45) is 0.228. The Labute approximate surface area is 116 Å². The Morgan fingerprint density at radius 1 is 1.37 bits per heavy atom. The maximum absolute atomic E-state index is 5.77. The molecular formula is C16H26N2O. The first-order valence-corrected chi connectivity index (χ1v) is 7.19. The number of nitrogens with one attached hydrogen (secondary N) is 1. The van der Waals surface area contributed by atoms with Crippen molar-refractivity contribution in [3.05, 3.63) is 29.8 Å². The molecule has 0 amide bonds. The van der Waals surface area contributed by atoms with Crippen LogP contribution in [0.25, 0.3) is 0 Å². The summed E-state index contributed by atoms with van der Waals surface area (Å²) in [7, 11) is 0. The lowest BCUT2D eigenvalue weighted by Gasteiger charge is -2.43. The SMILES string of the molecule is CC(C)Oc1cccc(CN2CCNCC2(C)C)c1. The van der Waals surface area contributed by atoms with E-state index >= 15 is 0 Å². The predicted octanol–water partition coefficient (Wildman–Crippen LogP) is 2.66. The van der Waals surface area contributed by atoms with Gasteiger partial charge < -0.3 is 10.1 Å². The van der Waals surface area contributed by atoms with Crippen LogP contribution in [0.4, 0.5) is 0 Å². The molecule has 0 aliphatic carbocycles. The summed E-state index contributed by atoms with van der Waals surface area (Å²) in [5, 5.41) is 3.46. The minimum Gasteiger partial charge on any atom is -0.491 e. The molecule has 0 bridgehead atoms. The van der Waals surface area contributed by atoms with Gasteiger partial charge >= 0.3 is 0 Å². The molecule has 3 nitrogen and oxygen atoms in total. The lowest BCUT2D eigenvalue weighted by atomic mass is 9.99. The van der Waals surface area contributed by atoms with Gasteiger partial charge in [0.05, 0.1) is 6.10 Å². The largest absolute Gasteiger partial charge is 0.491 e. The van der Waals surface area contributed by atoms with Gasteiger partial charge in [-0.25, -0.2) is 0 Å². The van der Waals surface area contributed by atoms with Crippen molar-refractivity contribution in [2.45, 2.75) is 45.9 Å². The number of ether oxygens (including phenoxy) is 1. The second kappa shape index (κ2) is 5.93. The van der Waals surface area contributed by atoms with Gasteiger partial charge in [0.2, 0.25) is 0 Å². The van der Waals surface area contributed by atoms with E-state index in [4.69, 9.17) is 4.74 Å². The van der Waals surface area contributed by atoms with Gasteiger partial charge in [0.15, 0.2) is 0 Å². The molecule has 0 spiro atoms. The van der Waals surface area contributed by atoms with E-state index in [0.717, 1.165) is 31.9 Å². The Bertz CT molecular complexity index is 415. The highest BCUT2D eigenvalue weighted by molar-refractivity contribution is 5.28. The number of hydrogen-bond acceptors (Lipinski definition) is 3. The summed E-state index contributed by atoms with van der Waals surface area (Å²) in [5.74, 6) is 0.973. The Morgan fingerprint density at radius 3 is 2.84 bits per heavy atom. The van der Waals surface area contributed by atoms with E-state index in [1.807, 2.05) is 6.07 Å². The fraction of sp³-hybridized carbons (Fsp3) is 0.625. The molecule has 0 unspecified atom stereocenters. The normalized spacial score (nSPS) is 19.6. The van der Waals surface area contributed by atoms with Crippen LogP contribution in [-0.2, 0) is 6.54 Å². The molecule has 2 rings (SSSR count). The maximum Gasteiger partial charge on any atom is 0.120 e. The average Bonchev–Trinajstić information content (AvgIpc) is 2.31. The number of nitrogens with zero attached hydrogens (tertiary/aromatic N) is 1. The first kappa shape index (κ1) is 14.4. The van der Waals surface area contributed by atoms with Crippen molar-refractivity contribution in [2.24, 2.45) is 0 Å². The van der Waals surface area contributed by atoms with Gasteiger partial charge in [-0.05, 0) is 45.4 Å². The quantitative estimate of drug-likeness (QED) is 0.903. The van der Waals surface area contributed by atoms with Crippen molar-refractivity contribution in [1.82, 2.24) is 10.2 Å². The van der Waals surface area contributed by atoms with E-state index in [9.17, 15) is 0 Å². The molecule has 1 fully saturated rings. The van der Waals surface area contributed by atoms with E-state index < -0.39 is 0 Å². The molecule has 106 valence electrons. The molecule has 0 saturated carbocycles. The number of piperazine rings is 1. The molecule has 1 aromatic rings. The fourth-order valence-corrected chi connectivity index (χ4v) is 2.53. The van der Waals surface area contributed by atoms with E-state index in [2.05, 4.69) is 56.1 Å². The second-order valence-electron chi connectivity index (χ2n) is 6.22. The van der Waals surface area contributed by atoms with Gasteiger partial charge in [-0.2, -0.15) is 0 Å². The van der Waals surface area contributed by atoms with E-state index in [1.54, 1.807) is 0 Å². The number of benzene rings is 1. The molecule has 1 heterocycles. The summed E-state index contributed by atoms with van der Waals surface area (Å²) >= 11 is 0. The Morgan fingerprint density at radius 2 is 2.16 bits per heavy atom. The van der Waals surface area contributed by atoms with Crippen LogP contribution in [0.1, 0.15) is 33.3 Å². The topological polar surface area (TPSA) is 24.5 Å². The van der Waals surface area contributed by atoms with Gasteiger partial charge in [0, 0.05) is 31.7 Å². The second-order valence-corrected chi connectivity index (χ2v) is 6.22. The Balaban J connectivity index is 2.05. The highest BCUT2D eigenvalue weighted by atomic mass is 16.5. The highest BCUT2D eigenvalue weighted by Gasteiger charge is 2.29. The third kappa shape index (κ3) is 3.95. The van der Waals surface area contributed by atoms with Crippen molar-refractivity contribution in [1.29, 1.82) is 0 Å². The third-order valence-corrected chi connectivity index (χ3v) is 3.62. The first-order valence-electron chi connectivity index (χ1n) is 7.19. The van der Waals surface area contributed by atoms with E-state index in [1.165, 1.54) is 5.56 Å². The van der Waals surface area contributed by atoms with Crippen molar-refractivity contribution >= 4 is 0 Å². The predicted molar refractivity (Wildman–Crippen MR) is 79.6 cm³/mol. The van der Waals surface area contributed by atoms with Crippen LogP contribution >= 0.6 is 0 Å². The van der Waals surface area contributed by atoms with Crippen LogP contribution in [0.5, 0.6) is 5.75 Å². The van der Waals surface area contributed by atoms with Crippen LogP contribution in [0.3, 0.4) is 0 Å². The summed E-state index contributed by atoms with van der Waals surface area (Å²) in [5.41, 5.74) is 1.54. The van der Waals surface area contributed by atoms with Gasteiger partial charge in [-0.1, -0.05) is 12.1 Å². The lowest BCUT2D eigenvalue weighted by molar-refractivity contribution is 0.0826. The van der Waals surface area contributed by atoms with Crippen LogP contribution in [0.2, 0.25) is 0 Å². The van der Waals surface area contributed by atoms with Gasteiger partial charge in [0.1, 0.15) is 5.75 Å². The molecule has 1 aliphatic rings. The third-order valence-electron chi connectivity index (χ3n) is 3.62. The van der Waals surface area contributed by atoms with E-state index in [-0.39, 0.29) is 11.6 Å². The average molecular weight is 262 g/mol. The molecule has 1 N–H and O–H groups in total. The molecular weight excluding hydrogens is 236 g/mol. The van der Waals surface area contributed by atoms with Crippen molar-refractivity contribution in [3.8, 4) is 5.75 Å². The van der Waals surface area contributed by atoms with Crippen molar-refractivity contribution in [3.63, 3.8) is 0 Å². The zero-order valence-corrected chi connectivity index (χ0v) is 12.6. The molecule has 1 aromatic carbocycles. The van der Waals surface area contributed by atoms with Gasteiger partial charge in [-0.15, -0.1) is 0 Å². The molecule has 3 heteroatoms. The van der Waals surface area contributed by atoms with Crippen molar-refractivity contribution < 1.29 is 4.74 Å². The molecule has 1 saturated heterocycles.